The van der Waals surface area contributed by atoms with Gasteiger partial charge in [0, 0.05) is 12.6 Å². The van der Waals surface area contributed by atoms with Crippen LogP contribution in [0.1, 0.15) is 63.8 Å². The number of aliphatic hydroxyl groups excluding tert-OH is 1. The number of alkyl carbamates (subject to hydrolysis) is 1. The number of nitrogens with zero attached hydrogens (tertiary/aromatic N) is 1. The molecular formula is C29H39N3O5. The first-order valence-electron chi connectivity index (χ1n) is 12.9. The number of hydrogen-bond donors (Lipinski definition) is 3. The van der Waals surface area contributed by atoms with Gasteiger partial charge in [-0.1, -0.05) is 68.4 Å². The maximum Gasteiger partial charge on any atom is 0.408 e. The second kappa shape index (κ2) is 12.2. The summed E-state index contributed by atoms with van der Waals surface area (Å²) in [5.41, 5.74) is 1.96. The smallest absolute Gasteiger partial charge is 0.408 e. The summed E-state index contributed by atoms with van der Waals surface area (Å²) in [6, 6.07) is 14.8. The Morgan fingerprint density at radius 1 is 1.05 bits per heavy atom. The zero-order chi connectivity index (χ0) is 27.2. The lowest BCUT2D eigenvalue weighted by atomic mass is 10.00. The van der Waals surface area contributed by atoms with Crippen LogP contribution in [0.4, 0.5) is 4.79 Å². The van der Waals surface area contributed by atoms with Gasteiger partial charge in [-0.05, 0) is 56.2 Å². The van der Waals surface area contributed by atoms with Crippen molar-refractivity contribution in [3.05, 3.63) is 71.3 Å². The second-order valence-corrected chi connectivity index (χ2v) is 10.6. The lowest BCUT2D eigenvalue weighted by molar-refractivity contribution is -0.144. The van der Waals surface area contributed by atoms with Gasteiger partial charge < -0.3 is 25.4 Å². The van der Waals surface area contributed by atoms with Gasteiger partial charge in [0.25, 0.3) is 0 Å². The molecule has 0 aliphatic heterocycles. The Morgan fingerprint density at radius 2 is 1.68 bits per heavy atom. The normalized spacial score (nSPS) is 18.3. The molecule has 1 fully saturated rings. The van der Waals surface area contributed by atoms with Crippen LogP contribution in [0, 0.1) is 5.92 Å². The molecule has 2 aromatic rings. The Morgan fingerprint density at radius 3 is 2.19 bits per heavy atom. The maximum atomic E-state index is 13.8. The molecule has 37 heavy (non-hydrogen) atoms. The van der Waals surface area contributed by atoms with Crippen molar-refractivity contribution in [2.75, 3.05) is 6.61 Å². The lowest BCUT2D eigenvalue weighted by Gasteiger charge is -2.34. The summed E-state index contributed by atoms with van der Waals surface area (Å²) < 4.78 is 5.29. The maximum absolute atomic E-state index is 13.8. The van der Waals surface area contributed by atoms with Gasteiger partial charge in [0.05, 0.1) is 6.61 Å². The molecule has 2 aromatic carbocycles. The van der Waals surface area contributed by atoms with E-state index in [0.717, 1.165) is 24.0 Å². The molecule has 3 rings (SSSR count). The third-order valence-corrected chi connectivity index (χ3v) is 6.39. The van der Waals surface area contributed by atoms with E-state index in [4.69, 9.17) is 4.74 Å². The number of aliphatic hydroxyl groups is 1. The van der Waals surface area contributed by atoms with Gasteiger partial charge in [-0.15, -0.1) is 0 Å². The van der Waals surface area contributed by atoms with E-state index in [9.17, 15) is 19.5 Å². The van der Waals surface area contributed by atoms with Gasteiger partial charge in [0.1, 0.15) is 17.7 Å². The molecule has 1 saturated carbocycles. The minimum atomic E-state index is -1.25. The quantitative estimate of drug-likeness (QED) is 0.452. The van der Waals surface area contributed by atoms with E-state index in [0.29, 0.717) is 12.1 Å². The van der Waals surface area contributed by atoms with Crippen molar-refractivity contribution < 1.29 is 24.2 Å². The molecule has 3 N–H and O–H groups in total. The molecule has 0 bridgehead atoms. The van der Waals surface area contributed by atoms with Crippen molar-refractivity contribution >= 4 is 17.9 Å². The standard InChI is InChI=1S/C29H39N3O5/c1-6-20-12-14-22(15-13-20)25(26(34)30-17-21-10-8-7-9-11-21)32(24-16-19(24)2)27(35)23(18-33)31-28(36)37-29(3,4)5/h7-15,19,23-25,33H,6,16-18H2,1-5H3,(H,30,34)(H,31,36). The third-order valence-electron chi connectivity index (χ3n) is 6.39. The predicted molar refractivity (Wildman–Crippen MR) is 142 cm³/mol. The summed E-state index contributed by atoms with van der Waals surface area (Å²) in [6.45, 7) is 8.90. The first-order valence-corrected chi connectivity index (χ1v) is 12.9. The van der Waals surface area contributed by atoms with Gasteiger partial charge in [-0.2, -0.15) is 0 Å². The minimum Gasteiger partial charge on any atom is -0.444 e. The highest BCUT2D eigenvalue weighted by atomic mass is 16.6. The minimum absolute atomic E-state index is 0.184. The largest absolute Gasteiger partial charge is 0.444 e. The molecule has 4 unspecified atom stereocenters. The number of rotatable bonds is 10. The fourth-order valence-electron chi connectivity index (χ4n) is 4.24. The van der Waals surface area contributed by atoms with Crippen molar-refractivity contribution in [3.8, 4) is 0 Å². The molecule has 1 aliphatic rings. The van der Waals surface area contributed by atoms with Crippen LogP contribution in [0.2, 0.25) is 0 Å². The zero-order valence-electron chi connectivity index (χ0n) is 22.4. The topological polar surface area (TPSA) is 108 Å². The molecule has 4 atom stereocenters. The Hall–Kier alpha value is -3.39. The zero-order valence-corrected chi connectivity index (χ0v) is 22.4. The molecule has 200 valence electrons. The molecule has 8 nitrogen and oxygen atoms in total. The first-order chi connectivity index (χ1) is 17.5. The van der Waals surface area contributed by atoms with E-state index < -0.39 is 36.3 Å². The SMILES string of the molecule is CCc1ccc(C(C(=O)NCc2ccccc2)N(C(=O)C(CO)NC(=O)OC(C)(C)C)C2CC2C)cc1. The van der Waals surface area contributed by atoms with Crippen LogP contribution >= 0.6 is 0 Å². The van der Waals surface area contributed by atoms with E-state index in [-0.39, 0.29) is 17.9 Å². The van der Waals surface area contributed by atoms with Gasteiger partial charge in [0.2, 0.25) is 11.8 Å². The van der Waals surface area contributed by atoms with Crippen LogP contribution in [-0.4, -0.2) is 52.2 Å². The van der Waals surface area contributed by atoms with Crippen LogP contribution < -0.4 is 10.6 Å². The summed E-state index contributed by atoms with van der Waals surface area (Å²) in [4.78, 5) is 41.5. The highest BCUT2D eigenvalue weighted by Gasteiger charge is 2.48. The third kappa shape index (κ3) is 7.79. The van der Waals surface area contributed by atoms with Crippen molar-refractivity contribution in [1.29, 1.82) is 0 Å². The molecule has 0 heterocycles. The number of aryl methyl sites for hydroxylation is 1. The number of carbonyl (C=O) groups excluding carboxylic acids is 3. The van der Waals surface area contributed by atoms with Crippen molar-refractivity contribution in [3.63, 3.8) is 0 Å². The van der Waals surface area contributed by atoms with Gasteiger partial charge in [-0.3, -0.25) is 9.59 Å². The summed E-state index contributed by atoms with van der Waals surface area (Å²) >= 11 is 0. The van der Waals surface area contributed by atoms with E-state index >= 15 is 0 Å². The number of carbonyl (C=O) groups is 3. The molecule has 1 aliphatic carbocycles. The molecule has 0 radical (unpaired) electrons. The molecule has 0 saturated heterocycles. The summed E-state index contributed by atoms with van der Waals surface area (Å²) in [5.74, 6) is -0.666. The Balaban J connectivity index is 1.92. The van der Waals surface area contributed by atoms with Gasteiger partial charge >= 0.3 is 6.09 Å². The summed E-state index contributed by atoms with van der Waals surface area (Å²) in [5, 5.41) is 15.5. The summed E-state index contributed by atoms with van der Waals surface area (Å²) in [7, 11) is 0. The highest BCUT2D eigenvalue weighted by molar-refractivity contribution is 5.92. The predicted octanol–water partition coefficient (Wildman–Crippen LogP) is 3.73. The number of ether oxygens (including phenoxy) is 1. The molecule has 3 amide bonds. The van der Waals surface area contributed by atoms with Gasteiger partial charge in [-0.25, -0.2) is 4.79 Å². The highest BCUT2D eigenvalue weighted by Crippen LogP contribution is 2.40. The van der Waals surface area contributed by atoms with Crippen LogP contribution in [-0.2, 0) is 27.3 Å². The van der Waals surface area contributed by atoms with Crippen molar-refractivity contribution in [2.45, 2.75) is 77.7 Å². The summed E-state index contributed by atoms with van der Waals surface area (Å²) in [6.07, 6.45) is 0.771. The number of hydrogen-bond acceptors (Lipinski definition) is 5. The number of benzene rings is 2. The lowest BCUT2D eigenvalue weighted by Crippen LogP contribution is -2.55. The first kappa shape index (κ1) is 28.2. The average molecular weight is 510 g/mol. The Labute approximate surface area is 219 Å². The van der Waals surface area contributed by atoms with Crippen LogP contribution in [0.3, 0.4) is 0 Å². The van der Waals surface area contributed by atoms with Crippen LogP contribution in [0.15, 0.2) is 54.6 Å². The van der Waals surface area contributed by atoms with Crippen molar-refractivity contribution in [2.24, 2.45) is 5.92 Å². The van der Waals surface area contributed by atoms with Crippen LogP contribution in [0.5, 0.6) is 0 Å². The molecular weight excluding hydrogens is 470 g/mol. The van der Waals surface area contributed by atoms with E-state index in [1.165, 1.54) is 4.90 Å². The van der Waals surface area contributed by atoms with E-state index in [1.807, 2.05) is 61.5 Å². The molecule has 0 aromatic heterocycles. The fraction of sp³-hybridized carbons (Fsp3) is 0.483. The fourth-order valence-corrected chi connectivity index (χ4v) is 4.24. The van der Waals surface area contributed by atoms with Gasteiger partial charge in [0.15, 0.2) is 0 Å². The number of amides is 3. The van der Waals surface area contributed by atoms with E-state index in [2.05, 4.69) is 17.6 Å². The number of nitrogens with one attached hydrogen (secondary N) is 2. The second-order valence-electron chi connectivity index (χ2n) is 10.6. The monoisotopic (exact) mass is 509 g/mol. The van der Waals surface area contributed by atoms with Crippen molar-refractivity contribution in [1.82, 2.24) is 15.5 Å². The molecule has 0 spiro atoms. The average Bonchev–Trinajstić information content (AvgIpc) is 3.59. The van der Waals surface area contributed by atoms with E-state index in [1.54, 1.807) is 20.8 Å². The molecule has 8 heteroatoms. The Kier molecular flexibility index (Phi) is 9.32. The van der Waals surface area contributed by atoms with Crippen LogP contribution in [0.25, 0.3) is 0 Å². The Bertz CT molecular complexity index is 1070.